The van der Waals surface area contributed by atoms with Gasteiger partial charge in [-0.25, -0.2) is 0 Å². The Morgan fingerprint density at radius 2 is 1.88 bits per heavy atom. The maximum atomic E-state index is 12.0. The Morgan fingerprint density at radius 1 is 1.29 bits per heavy atom. The minimum Gasteiger partial charge on any atom is -0.468 e. The standard InChI is InChI=1S/C15H22O2/c1-12(2)10-11-15(3,14(16)17-4)13-8-6-5-7-9-13/h5-9,12H,10-11H2,1-4H3. The fourth-order valence-electron chi connectivity index (χ4n) is 1.97. The molecule has 2 nitrogen and oxygen atoms in total. The molecule has 1 rings (SSSR count). The van der Waals surface area contributed by atoms with Crippen molar-refractivity contribution >= 4 is 5.97 Å². The van der Waals surface area contributed by atoms with E-state index in [4.69, 9.17) is 4.74 Å². The minimum atomic E-state index is -0.527. The van der Waals surface area contributed by atoms with Crippen molar-refractivity contribution < 1.29 is 9.53 Å². The van der Waals surface area contributed by atoms with Crippen molar-refractivity contribution in [3.63, 3.8) is 0 Å². The Hall–Kier alpha value is -1.31. The highest BCUT2D eigenvalue weighted by Gasteiger charge is 2.35. The monoisotopic (exact) mass is 234 g/mol. The summed E-state index contributed by atoms with van der Waals surface area (Å²) in [5, 5.41) is 0. The molecule has 0 aliphatic carbocycles. The molecule has 0 radical (unpaired) electrons. The Bertz CT molecular complexity index is 356. The van der Waals surface area contributed by atoms with E-state index < -0.39 is 5.41 Å². The zero-order chi connectivity index (χ0) is 12.9. The summed E-state index contributed by atoms with van der Waals surface area (Å²) in [5.74, 6) is 0.437. The highest BCUT2D eigenvalue weighted by Crippen LogP contribution is 2.31. The van der Waals surface area contributed by atoms with Gasteiger partial charge in [0.2, 0.25) is 0 Å². The van der Waals surface area contributed by atoms with E-state index in [0.29, 0.717) is 5.92 Å². The van der Waals surface area contributed by atoms with E-state index in [-0.39, 0.29) is 5.97 Å². The van der Waals surface area contributed by atoms with E-state index in [0.717, 1.165) is 18.4 Å². The summed E-state index contributed by atoms with van der Waals surface area (Å²) in [4.78, 5) is 12.0. The Labute approximate surface area is 104 Å². The summed E-state index contributed by atoms with van der Waals surface area (Å²) in [7, 11) is 1.46. The fraction of sp³-hybridized carbons (Fsp3) is 0.533. The second-order valence-electron chi connectivity index (χ2n) is 5.12. The van der Waals surface area contributed by atoms with Gasteiger partial charge >= 0.3 is 5.97 Å². The first-order valence-corrected chi connectivity index (χ1v) is 6.14. The molecule has 1 aromatic rings. The molecule has 0 bridgehead atoms. The molecule has 17 heavy (non-hydrogen) atoms. The van der Waals surface area contributed by atoms with Crippen LogP contribution < -0.4 is 0 Å². The Kier molecular flexibility index (Phi) is 4.73. The van der Waals surface area contributed by atoms with Gasteiger partial charge < -0.3 is 4.74 Å². The second-order valence-corrected chi connectivity index (χ2v) is 5.12. The van der Waals surface area contributed by atoms with Gasteiger partial charge in [0.15, 0.2) is 0 Å². The van der Waals surface area contributed by atoms with Gasteiger partial charge in [-0.3, -0.25) is 4.79 Å². The number of benzene rings is 1. The molecule has 0 N–H and O–H groups in total. The Morgan fingerprint density at radius 3 is 2.35 bits per heavy atom. The van der Waals surface area contributed by atoms with E-state index in [1.165, 1.54) is 7.11 Å². The van der Waals surface area contributed by atoms with Crippen LogP contribution in [0, 0.1) is 5.92 Å². The number of hydrogen-bond acceptors (Lipinski definition) is 2. The first kappa shape index (κ1) is 13.8. The number of carbonyl (C=O) groups excluding carboxylic acids is 1. The maximum Gasteiger partial charge on any atom is 0.315 e. The number of hydrogen-bond donors (Lipinski definition) is 0. The van der Waals surface area contributed by atoms with E-state index in [2.05, 4.69) is 13.8 Å². The van der Waals surface area contributed by atoms with Gasteiger partial charge in [0, 0.05) is 0 Å². The number of esters is 1. The van der Waals surface area contributed by atoms with Crippen LogP contribution in [0.1, 0.15) is 39.2 Å². The van der Waals surface area contributed by atoms with E-state index in [9.17, 15) is 4.79 Å². The first-order chi connectivity index (χ1) is 8.00. The molecular weight excluding hydrogens is 212 g/mol. The summed E-state index contributed by atoms with van der Waals surface area (Å²) in [5.41, 5.74) is 0.507. The zero-order valence-corrected chi connectivity index (χ0v) is 11.2. The van der Waals surface area contributed by atoms with Crippen LogP contribution in [0.5, 0.6) is 0 Å². The van der Waals surface area contributed by atoms with Gasteiger partial charge in [0.25, 0.3) is 0 Å². The molecule has 1 aromatic carbocycles. The lowest BCUT2D eigenvalue weighted by Crippen LogP contribution is -2.34. The molecule has 0 heterocycles. The molecule has 0 saturated heterocycles. The predicted octanol–water partition coefficient (Wildman–Crippen LogP) is 3.55. The number of carbonyl (C=O) groups is 1. The summed E-state index contributed by atoms with van der Waals surface area (Å²) < 4.78 is 4.96. The van der Waals surface area contributed by atoms with Crippen molar-refractivity contribution in [2.75, 3.05) is 7.11 Å². The van der Waals surface area contributed by atoms with Crippen molar-refractivity contribution in [3.8, 4) is 0 Å². The molecule has 0 amide bonds. The summed E-state index contributed by atoms with van der Waals surface area (Å²) in [6.07, 6.45) is 1.84. The van der Waals surface area contributed by atoms with E-state index in [1.54, 1.807) is 0 Å². The highest BCUT2D eigenvalue weighted by molar-refractivity contribution is 5.82. The molecule has 0 fully saturated rings. The van der Waals surface area contributed by atoms with Crippen LogP contribution in [0.3, 0.4) is 0 Å². The average Bonchev–Trinajstić information content (AvgIpc) is 2.36. The van der Waals surface area contributed by atoms with Crippen LogP contribution in [0.25, 0.3) is 0 Å². The molecule has 0 aliphatic rings. The Balaban J connectivity index is 2.98. The third-order valence-corrected chi connectivity index (χ3v) is 3.27. The van der Waals surface area contributed by atoms with Crippen LogP contribution in [0.15, 0.2) is 30.3 Å². The van der Waals surface area contributed by atoms with Gasteiger partial charge in [0.05, 0.1) is 12.5 Å². The lowest BCUT2D eigenvalue weighted by Gasteiger charge is -2.28. The smallest absolute Gasteiger partial charge is 0.315 e. The second kappa shape index (κ2) is 5.85. The molecule has 1 unspecified atom stereocenters. The van der Waals surface area contributed by atoms with Gasteiger partial charge in [-0.05, 0) is 31.2 Å². The van der Waals surface area contributed by atoms with Gasteiger partial charge in [-0.15, -0.1) is 0 Å². The zero-order valence-electron chi connectivity index (χ0n) is 11.2. The van der Waals surface area contributed by atoms with Crippen molar-refractivity contribution in [2.24, 2.45) is 5.92 Å². The molecule has 0 spiro atoms. The normalized spacial score (nSPS) is 14.4. The quantitative estimate of drug-likeness (QED) is 0.728. The SMILES string of the molecule is COC(=O)C(C)(CCC(C)C)c1ccccc1. The molecule has 1 atom stereocenters. The van der Waals surface area contributed by atoms with Gasteiger partial charge in [0.1, 0.15) is 0 Å². The molecular formula is C15H22O2. The third kappa shape index (κ3) is 3.32. The minimum absolute atomic E-state index is 0.149. The molecule has 0 aliphatic heterocycles. The summed E-state index contributed by atoms with van der Waals surface area (Å²) >= 11 is 0. The number of rotatable bonds is 5. The van der Waals surface area contributed by atoms with Crippen molar-refractivity contribution in [2.45, 2.75) is 39.0 Å². The molecule has 0 saturated carbocycles. The predicted molar refractivity (Wildman–Crippen MR) is 69.9 cm³/mol. The third-order valence-electron chi connectivity index (χ3n) is 3.27. The largest absolute Gasteiger partial charge is 0.468 e. The number of ether oxygens (including phenoxy) is 1. The fourth-order valence-corrected chi connectivity index (χ4v) is 1.97. The van der Waals surface area contributed by atoms with E-state index >= 15 is 0 Å². The highest BCUT2D eigenvalue weighted by atomic mass is 16.5. The van der Waals surface area contributed by atoms with Crippen molar-refractivity contribution in [1.29, 1.82) is 0 Å². The first-order valence-electron chi connectivity index (χ1n) is 6.14. The lowest BCUT2D eigenvalue weighted by molar-refractivity contribution is -0.147. The maximum absolute atomic E-state index is 12.0. The molecule has 0 aromatic heterocycles. The molecule has 2 heteroatoms. The molecule has 94 valence electrons. The lowest BCUT2D eigenvalue weighted by atomic mass is 9.77. The summed E-state index contributed by atoms with van der Waals surface area (Å²) in [6.45, 7) is 6.31. The van der Waals surface area contributed by atoms with Crippen molar-refractivity contribution in [1.82, 2.24) is 0 Å². The van der Waals surface area contributed by atoms with Crippen LogP contribution in [-0.2, 0) is 14.9 Å². The summed E-state index contributed by atoms with van der Waals surface area (Å²) in [6, 6.07) is 9.88. The topological polar surface area (TPSA) is 26.3 Å². The van der Waals surface area contributed by atoms with Gasteiger partial charge in [-0.1, -0.05) is 44.2 Å². The van der Waals surface area contributed by atoms with Crippen LogP contribution in [0.2, 0.25) is 0 Å². The van der Waals surface area contributed by atoms with Crippen molar-refractivity contribution in [3.05, 3.63) is 35.9 Å². The van der Waals surface area contributed by atoms with Crippen LogP contribution in [-0.4, -0.2) is 13.1 Å². The van der Waals surface area contributed by atoms with Crippen LogP contribution >= 0.6 is 0 Å². The van der Waals surface area contributed by atoms with Gasteiger partial charge in [-0.2, -0.15) is 0 Å². The van der Waals surface area contributed by atoms with Crippen LogP contribution in [0.4, 0.5) is 0 Å². The number of methoxy groups -OCH3 is 1. The average molecular weight is 234 g/mol. The van der Waals surface area contributed by atoms with E-state index in [1.807, 2.05) is 37.3 Å².